The van der Waals surface area contributed by atoms with E-state index in [0.29, 0.717) is 12.2 Å². The van der Waals surface area contributed by atoms with Gasteiger partial charge >= 0.3 is 0 Å². The maximum Gasteiger partial charge on any atom is 0.292 e. The van der Waals surface area contributed by atoms with Crippen molar-refractivity contribution in [1.82, 2.24) is 10.1 Å². The summed E-state index contributed by atoms with van der Waals surface area (Å²) in [6.07, 6.45) is 4.68. The first-order valence-electron chi connectivity index (χ1n) is 6.66. The Morgan fingerprint density at radius 2 is 2.05 bits per heavy atom. The van der Waals surface area contributed by atoms with E-state index in [1.54, 1.807) is 18.0 Å². The number of rotatable bonds is 5. The summed E-state index contributed by atoms with van der Waals surface area (Å²) >= 11 is 0. The van der Waals surface area contributed by atoms with E-state index in [2.05, 4.69) is 5.16 Å². The Bertz CT molecular complexity index is 588. The zero-order valence-electron chi connectivity index (χ0n) is 11.7. The fraction of sp³-hybridized carbons (Fsp3) is 0.250. The van der Waals surface area contributed by atoms with Gasteiger partial charge in [0, 0.05) is 19.7 Å². The summed E-state index contributed by atoms with van der Waals surface area (Å²) in [6, 6.07) is 11.6. The number of amides is 1. The molecule has 0 atom stereocenters. The normalized spacial score (nSPS) is 10.9. The standard InChI is InChI=1S/C16H18N2O2/c1-3-11-18(2)16(19)15-12-14(17-20-15)10-9-13-7-5-4-6-8-13/h4-10,12H,3,11H2,1-2H3. The van der Waals surface area contributed by atoms with Gasteiger partial charge in [0.25, 0.3) is 5.91 Å². The highest BCUT2D eigenvalue weighted by molar-refractivity contribution is 5.91. The maximum absolute atomic E-state index is 12.0. The number of carbonyl (C=O) groups excluding carboxylic acids is 1. The van der Waals surface area contributed by atoms with Crippen molar-refractivity contribution in [3.63, 3.8) is 0 Å². The van der Waals surface area contributed by atoms with E-state index >= 15 is 0 Å². The van der Waals surface area contributed by atoms with E-state index in [-0.39, 0.29) is 11.7 Å². The molecule has 2 aromatic rings. The number of hydrogen-bond donors (Lipinski definition) is 0. The molecule has 0 spiro atoms. The molecule has 0 saturated heterocycles. The van der Waals surface area contributed by atoms with Crippen molar-refractivity contribution in [3.05, 3.63) is 53.4 Å². The van der Waals surface area contributed by atoms with E-state index in [4.69, 9.17) is 4.52 Å². The van der Waals surface area contributed by atoms with Gasteiger partial charge in [-0.3, -0.25) is 4.79 Å². The van der Waals surface area contributed by atoms with Gasteiger partial charge in [0.15, 0.2) is 0 Å². The molecule has 0 N–H and O–H groups in total. The van der Waals surface area contributed by atoms with Crippen molar-refractivity contribution >= 4 is 18.1 Å². The number of nitrogens with zero attached hydrogens (tertiary/aromatic N) is 2. The SMILES string of the molecule is CCCN(C)C(=O)c1cc(C=Cc2ccccc2)no1. The van der Waals surface area contributed by atoms with E-state index in [1.165, 1.54) is 0 Å². The van der Waals surface area contributed by atoms with Crippen molar-refractivity contribution in [2.24, 2.45) is 0 Å². The zero-order chi connectivity index (χ0) is 14.4. The maximum atomic E-state index is 12.0. The predicted molar refractivity (Wildman–Crippen MR) is 79.1 cm³/mol. The molecule has 0 radical (unpaired) electrons. The molecule has 104 valence electrons. The Labute approximate surface area is 118 Å². The molecule has 0 aliphatic heterocycles. The van der Waals surface area contributed by atoms with Crippen molar-refractivity contribution in [2.75, 3.05) is 13.6 Å². The van der Waals surface area contributed by atoms with Gasteiger partial charge in [-0.15, -0.1) is 0 Å². The van der Waals surface area contributed by atoms with E-state index in [0.717, 1.165) is 12.0 Å². The second-order valence-corrected chi connectivity index (χ2v) is 4.59. The van der Waals surface area contributed by atoms with Crippen LogP contribution in [0.2, 0.25) is 0 Å². The second-order valence-electron chi connectivity index (χ2n) is 4.59. The Balaban J connectivity index is 2.06. The minimum atomic E-state index is -0.140. The van der Waals surface area contributed by atoms with Gasteiger partial charge < -0.3 is 9.42 Å². The fourth-order valence-corrected chi connectivity index (χ4v) is 1.84. The lowest BCUT2D eigenvalue weighted by molar-refractivity contribution is 0.0754. The van der Waals surface area contributed by atoms with Gasteiger partial charge in [0.05, 0.1) is 0 Å². The van der Waals surface area contributed by atoms with E-state index in [9.17, 15) is 4.79 Å². The molecule has 1 heterocycles. The van der Waals surface area contributed by atoms with Crippen molar-refractivity contribution in [1.29, 1.82) is 0 Å². The van der Waals surface area contributed by atoms with Gasteiger partial charge in [0.2, 0.25) is 5.76 Å². The van der Waals surface area contributed by atoms with Crippen LogP contribution >= 0.6 is 0 Å². The number of hydrogen-bond acceptors (Lipinski definition) is 3. The predicted octanol–water partition coefficient (Wildman–Crippen LogP) is 3.33. The van der Waals surface area contributed by atoms with Crippen LogP contribution in [0.4, 0.5) is 0 Å². The topological polar surface area (TPSA) is 46.3 Å². The van der Waals surface area contributed by atoms with Crippen LogP contribution in [0.1, 0.15) is 35.2 Å². The Hall–Kier alpha value is -2.36. The summed E-state index contributed by atoms with van der Waals surface area (Å²) in [6.45, 7) is 2.73. The number of benzene rings is 1. The highest BCUT2D eigenvalue weighted by Crippen LogP contribution is 2.11. The third kappa shape index (κ3) is 3.57. The van der Waals surface area contributed by atoms with Crippen LogP contribution in [-0.2, 0) is 0 Å². The van der Waals surface area contributed by atoms with E-state index < -0.39 is 0 Å². The highest BCUT2D eigenvalue weighted by Gasteiger charge is 2.15. The molecular formula is C16H18N2O2. The molecule has 1 amide bonds. The molecule has 20 heavy (non-hydrogen) atoms. The largest absolute Gasteiger partial charge is 0.350 e. The Morgan fingerprint density at radius 1 is 1.30 bits per heavy atom. The molecule has 0 fully saturated rings. The van der Waals surface area contributed by atoms with Crippen LogP contribution in [0.3, 0.4) is 0 Å². The molecule has 0 aliphatic rings. The summed E-state index contributed by atoms with van der Waals surface area (Å²) in [7, 11) is 1.76. The molecular weight excluding hydrogens is 252 g/mol. The summed E-state index contributed by atoms with van der Waals surface area (Å²) in [4.78, 5) is 13.6. The van der Waals surface area contributed by atoms with Gasteiger partial charge in [0.1, 0.15) is 5.69 Å². The first-order chi connectivity index (χ1) is 9.70. The molecule has 0 bridgehead atoms. The van der Waals surface area contributed by atoms with Crippen LogP contribution in [0.25, 0.3) is 12.2 Å². The van der Waals surface area contributed by atoms with Crippen LogP contribution in [0.5, 0.6) is 0 Å². The monoisotopic (exact) mass is 270 g/mol. The van der Waals surface area contributed by atoms with Crippen LogP contribution < -0.4 is 0 Å². The molecule has 2 rings (SSSR count). The number of aromatic nitrogens is 1. The molecule has 1 aromatic heterocycles. The lowest BCUT2D eigenvalue weighted by atomic mass is 10.2. The summed E-state index contributed by atoms with van der Waals surface area (Å²) in [5.74, 6) is 0.132. The first-order valence-corrected chi connectivity index (χ1v) is 6.66. The minimum absolute atomic E-state index is 0.140. The van der Waals surface area contributed by atoms with Crippen LogP contribution in [-0.4, -0.2) is 29.6 Å². The van der Waals surface area contributed by atoms with Crippen molar-refractivity contribution in [2.45, 2.75) is 13.3 Å². The fourth-order valence-electron chi connectivity index (χ4n) is 1.84. The summed E-state index contributed by atoms with van der Waals surface area (Å²) < 4.78 is 5.09. The number of carbonyl (C=O) groups is 1. The summed E-state index contributed by atoms with van der Waals surface area (Å²) in [5.41, 5.74) is 1.72. The Kier molecular flexibility index (Phi) is 4.71. The van der Waals surface area contributed by atoms with Crippen LogP contribution in [0.15, 0.2) is 40.9 Å². The van der Waals surface area contributed by atoms with Gasteiger partial charge in [-0.05, 0) is 18.1 Å². The molecule has 0 aliphatic carbocycles. The van der Waals surface area contributed by atoms with Crippen molar-refractivity contribution < 1.29 is 9.32 Å². The summed E-state index contributed by atoms with van der Waals surface area (Å²) in [5, 5.41) is 3.89. The lowest BCUT2D eigenvalue weighted by Gasteiger charge is -2.13. The second kappa shape index (κ2) is 6.70. The molecule has 4 heteroatoms. The zero-order valence-corrected chi connectivity index (χ0v) is 11.7. The third-order valence-electron chi connectivity index (χ3n) is 2.89. The minimum Gasteiger partial charge on any atom is -0.350 e. The Morgan fingerprint density at radius 3 is 2.75 bits per heavy atom. The molecule has 4 nitrogen and oxygen atoms in total. The van der Waals surface area contributed by atoms with E-state index in [1.807, 2.05) is 49.4 Å². The van der Waals surface area contributed by atoms with Crippen LogP contribution in [0, 0.1) is 0 Å². The molecule has 0 saturated carbocycles. The molecule has 0 unspecified atom stereocenters. The van der Waals surface area contributed by atoms with Crippen molar-refractivity contribution in [3.8, 4) is 0 Å². The van der Waals surface area contributed by atoms with Gasteiger partial charge in [-0.25, -0.2) is 0 Å². The highest BCUT2D eigenvalue weighted by atomic mass is 16.5. The third-order valence-corrected chi connectivity index (χ3v) is 2.89. The van der Waals surface area contributed by atoms with Gasteiger partial charge in [-0.2, -0.15) is 0 Å². The molecule has 1 aromatic carbocycles. The lowest BCUT2D eigenvalue weighted by Crippen LogP contribution is -2.26. The average Bonchev–Trinajstić information content (AvgIpc) is 2.94. The first kappa shape index (κ1) is 14.1. The smallest absolute Gasteiger partial charge is 0.292 e. The average molecular weight is 270 g/mol. The van der Waals surface area contributed by atoms with Gasteiger partial charge in [-0.1, -0.05) is 48.5 Å². The quantitative estimate of drug-likeness (QED) is 0.837.